The zero-order chi connectivity index (χ0) is 37.8. The largest absolute Gasteiger partial charge is 0.444 e. The maximum Gasteiger partial charge on any atom is 0.410 e. The Bertz CT molecular complexity index is 2180. The van der Waals surface area contributed by atoms with Gasteiger partial charge < -0.3 is 24.4 Å². The molecule has 3 heterocycles. The molecule has 278 valence electrons. The number of anilines is 2. The SMILES string of the molecule is COCN(c1cccc2c(Oc3ncccc3-c3ccnc(N[C@H]4CCCN(C(=O)OC(C)(C)C)C4)n3)c(C)ccc12)S(=O)(=O)[C@@H](C)c1ccccc1. The molecular formula is C40H46N6O6S. The van der Waals surface area contributed by atoms with Crippen LogP contribution in [0.15, 0.2) is 91.3 Å². The van der Waals surface area contributed by atoms with Gasteiger partial charge in [-0.2, -0.15) is 0 Å². The molecule has 12 nitrogen and oxygen atoms in total. The number of ether oxygens (including phenoxy) is 3. The smallest absolute Gasteiger partial charge is 0.410 e. The quantitative estimate of drug-likeness (QED) is 0.132. The summed E-state index contributed by atoms with van der Waals surface area (Å²) in [4.78, 5) is 28.3. The Morgan fingerprint density at radius 3 is 2.53 bits per heavy atom. The molecular weight excluding hydrogens is 693 g/mol. The van der Waals surface area contributed by atoms with Crippen LogP contribution in [0.3, 0.4) is 0 Å². The number of hydrogen-bond acceptors (Lipinski definition) is 10. The number of pyridine rings is 1. The lowest BCUT2D eigenvalue weighted by Crippen LogP contribution is -2.47. The first-order chi connectivity index (χ1) is 25.4. The first-order valence-electron chi connectivity index (χ1n) is 17.6. The van der Waals surface area contributed by atoms with E-state index in [1.807, 2.05) is 94.4 Å². The van der Waals surface area contributed by atoms with Crippen molar-refractivity contribution in [3.63, 3.8) is 0 Å². The molecule has 5 aromatic rings. The highest BCUT2D eigenvalue weighted by Gasteiger charge is 2.32. The van der Waals surface area contributed by atoms with Crippen LogP contribution >= 0.6 is 0 Å². The van der Waals surface area contributed by atoms with Gasteiger partial charge in [-0.3, -0.25) is 0 Å². The number of sulfonamides is 1. The highest BCUT2D eigenvalue weighted by molar-refractivity contribution is 7.93. The lowest BCUT2D eigenvalue weighted by atomic mass is 10.0. The van der Waals surface area contributed by atoms with Crippen LogP contribution in [-0.2, 0) is 19.5 Å². The number of aryl methyl sites for hydroxylation is 1. The van der Waals surface area contributed by atoms with E-state index in [0.29, 0.717) is 63.9 Å². The van der Waals surface area contributed by atoms with E-state index in [0.717, 1.165) is 18.4 Å². The first-order valence-corrected chi connectivity index (χ1v) is 19.1. The average Bonchev–Trinajstić information content (AvgIpc) is 3.14. The number of piperidine rings is 1. The van der Waals surface area contributed by atoms with Gasteiger partial charge in [0.25, 0.3) is 0 Å². The Morgan fingerprint density at radius 2 is 1.77 bits per heavy atom. The average molecular weight is 739 g/mol. The number of hydrogen-bond donors (Lipinski definition) is 1. The number of fused-ring (bicyclic) bond motifs is 1. The maximum atomic E-state index is 14.1. The van der Waals surface area contributed by atoms with Crippen LogP contribution in [-0.4, -0.2) is 72.9 Å². The van der Waals surface area contributed by atoms with Crippen LogP contribution in [0.25, 0.3) is 22.0 Å². The molecule has 0 unspecified atom stereocenters. The van der Waals surface area contributed by atoms with E-state index in [1.165, 1.54) is 11.4 Å². The predicted octanol–water partition coefficient (Wildman–Crippen LogP) is 8.11. The van der Waals surface area contributed by atoms with Crippen LogP contribution in [0, 0.1) is 6.92 Å². The number of nitrogens with zero attached hydrogens (tertiary/aromatic N) is 5. The van der Waals surface area contributed by atoms with E-state index in [1.54, 1.807) is 36.4 Å². The topological polar surface area (TPSA) is 136 Å². The molecule has 0 radical (unpaired) electrons. The van der Waals surface area contributed by atoms with Crippen molar-refractivity contribution >= 4 is 38.5 Å². The summed E-state index contributed by atoms with van der Waals surface area (Å²) >= 11 is 0. The van der Waals surface area contributed by atoms with Crippen molar-refractivity contribution in [1.82, 2.24) is 19.9 Å². The number of benzene rings is 3. The Kier molecular flexibility index (Phi) is 11.2. The van der Waals surface area contributed by atoms with E-state index in [4.69, 9.17) is 19.2 Å². The number of rotatable bonds is 11. The lowest BCUT2D eigenvalue weighted by molar-refractivity contribution is 0.0206. The van der Waals surface area contributed by atoms with Crippen molar-refractivity contribution < 1.29 is 27.4 Å². The summed E-state index contributed by atoms with van der Waals surface area (Å²) in [6, 6.07) is 23.8. The molecule has 2 aromatic heterocycles. The molecule has 1 aliphatic rings. The van der Waals surface area contributed by atoms with Crippen molar-refractivity contribution in [2.24, 2.45) is 0 Å². The number of methoxy groups -OCH3 is 1. The van der Waals surface area contributed by atoms with E-state index in [-0.39, 0.29) is 18.9 Å². The number of carbonyl (C=O) groups excluding carboxylic acids is 1. The monoisotopic (exact) mass is 738 g/mol. The van der Waals surface area contributed by atoms with Crippen molar-refractivity contribution in [3.05, 3.63) is 102 Å². The number of likely N-dealkylation sites (tertiary alicyclic amines) is 1. The zero-order valence-corrected chi connectivity index (χ0v) is 31.8. The number of nitrogens with one attached hydrogen (secondary N) is 1. The summed E-state index contributed by atoms with van der Waals surface area (Å²) in [6.45, 7) is 10.1. The van der Waals surface area contributed by atoms with Gasteiger partial charge in [0.15, 0.2) is 0 Å². The standard InChI is InChI=1S/C40H46N6O6S/c1-27-19-20-31-32(16-10-18-35(31)46(26-50-6)53(48,49)28(2)29-13-8-7-9-14-29)36(27)51-37-33(17-11-22-41-37)34-21-23-42-38(44-34)43-30-15-12-24-45(25-30)39(47)52-40(3,4)5/h7-11,13-14,16-23,28,30H,12,15,24-26H2,1-6H3,(H,42,43,44)/t28-,30-/m0/s1. The Balaban J connectivity index is 1.29. The molecule has 3 aromatic carbocycles. The molecule has 53 heavy (non-hydrogen) atoms. The van der Waals surface area contributed by atoms with E-state index < -0.39 is 20.9 Å². The molecule has 0 spiro atoms. The number of aromatic nitrogens is 3. The number of carbonyl (C=O) groups is 1. The molecule has 2 atom stereocenters. The third-order valence-electron chi connectivity index (χ3n) is 9.03. The number of amides is 1. The molecule has 0 bridgehead atoms. The van der Waals surface area contributed by atoms with Crippen LogP contribution in [0.5, 0.6) is 11.6 Å². The second-order valence-electron chi connectivity index (χ2n) is 14.1. The molecule has 1 saturated heterocycles. The Hall–Kier alpha value is -5.27. The maximum absolute atomic E-state index is 14.1. The predicted molar refractivity (Wildman–Crippen MR) is 207 cm³/mol. The van der Waals surface area contributed by atoms with E-state index in [9.17, 15) is 13.2 Å². The normalized spacial score (nSPS) is 15.5. The van der Waals surface area contributed by atoms with Crippen LogP contribution in [0.1, 0.15) is 56.9 Å². The summed E-state index contributed by atoms with van der Waals surface area (Å²) in [7, 11) is -2.43. The van der Waals surface area contributed by atoms with Gasteiger partial charge in [0.1, 0.15) is 23.3 Å². The summed E-state index contributed by atoms with van der Waals surface area (Å²) in [6.07, 6.45) is 4.67. The molecule has 1 fully saturated rings. The molecule has 6 rings (SSSR count). The fraction of sp³-hybridized carbons (Fsp3) is 0.350. The zero-order valence-electron chi connectivity index (χ0n) is 30.9. The Morgan fingerprint density at radius 1 is 0.981 bits per heavy atom. The third-order valence-corrected chi connectivity index (χ3v) is 11.1. The van der Waals surface area contributed by atoms with Gasteiger partial charge in [0.2, 0.25) is 21.9 Å². The first kappa shape index (κ1) is 37.5. The molecule has 1 aliphatic heterocycles. The van der Waals surface area contributed by atoms with Crippen LogP contribution in [0.2, 0.25) is 0 Å². The van der Waals surface area contributed by atoms with Crippen molar-refractivity contribution in [2.75, 3.05) is 36.6 Å². The van der Waals surface area contributed by atoms with Gasteiger partial charge in [-0.25, -0.2) is 32.5 Å². The Labute approximate surface area is 311 Å². The van der Waals surface area contributed by atoms with Crippen LogP contribution < -0.4 is 14.4 Å². The van der Waals surface area contributed by atoms with Gasteiger partial charge in [0.05, 0.1) is 16.9 Å². The third kappa shape index (κ3) is 8.52. The summed E-state index contributed by atoms with van der Waals surface area (Å²) < 4.78 is 47.2. The molecule has 0 aliphatic carbocycles. The highest BCUT2D eigenvalue weighted by atomic mass is 32.2. The summed E-state index contributed by atoms with van der Waals surface area (Å²) in [5, 5.41) is 3.96. The molecule has 13 heteroatoms. The summed E-state index contributed by atoms with van der Waals surface area (Å²) in [5.74, 6) is 1.28. The van der Waals surface area contributed by atoms with Gasteiger partial charge in [-0.15, -0.1) is 0 Å². The van der Waals surface area contributed by atoms with Gasteiger partial charge >= 0.3 is 6.09 Å². The second-order valence-corrected chi connectivity index (χ2v) is 16.3. The fourth-order valence-electron chi connectivity index (χ4n) is 6.37. The van der Waals surface area contributed by atoms with Gasteiger partial charge in [0, 0.05) is 49.4 Å². The lowest BCUT2D eigenvalue weighted by Gasteiger charge is -2.34. The minimum absolute atomic E-state index is 0.0548. The minimum atomic E-state index is -3.91. The van der Waals surface area contributed by atoms with Gasteiger partial charge in [-0.05, 0) is 82.9 Å². The van der Waals surface area contributed by atoms with E-state index in [2.05, 4.69) is 15.3 Å². The molecule has 1 amide bonds. The minimum Gasteiger partial charge on any atom is -0.444 e. The van der Waals surface area contributed by atoms with Crippen LogP contribution in [0.4, 0.5) is 16.4 Å². The van der Waals surface area contributed by atoms with Crippen molar-refractivity contribution in [1.29, 1.82) is 0 Å². The second kappa shape index (κ2) is 15.8. The highest BCUT2D eigenvalue weighted by Crippen LogP contribution is 2.41. The fourth-order valence-corrected chi connectivity index (χ4v) is 7.94. The molecule has 1 N–H and O–H groups in total. The van der Waals surface area contributed by atoms with Crippen molar-refractivity contribution in [3.8, 4) is 22.9 Å². The summed E-state index contributed by atoms with van der Waals surface area (Å²) in [5.41, 5.74) is 2.65. The van der Waals surface area contributed by atoms with Gasteiger partial charge in [-0.1, -0.05) is 54.6 Å². The van der Waals surface area contributed by atoms with Crippen molar-refractivity contribution in [2.45, 2.75) is 64.4 Å². The molecule has 0 saturated carbocycles. The van der Waals surface area contributed by atoms with E-state index >= 15 is 0 Å².